The number of carbonyl (C=O) groups excluding carboxylic acids is 1. The third-order valence-electron chi connectivity index (χ3n) is 3.82. The molecule has 2 nitrogen and oxygen atoms in total. The number of hydrogen-bond acceptors (Lipinski definition) is 2. The number of benzene rings is 2. The Bertz CT molecular complexity index is 599. The molecule has 0 saturated heterocycles. The molecule has 0 heterocycles. The quantitative estimate of drug-likeness (QED) is 0.899. The standard InChI is InChI=1S/C17H19NOS/c19-17(12-20-14-8-2-3-9-14)18-16-11-5-7-13-6-1-4-10-15(13)16/h1,4-7,10-11,14H,2-3,8-9,12H2,(H,18,19). The number of carbonyl (C=O) groups is 1. The van der Waals surface area contributed by atoms with Crippen LogP contribution >= 0.6 is 11.8 Å². The van der Waals surface area contributed by atoms with E-state index < -0.39 is 0 Å². The van der Waals surface area contributed by atoms with E-state index in [-0.39, 0.29) is 5.91 Å². The first kappa shape index (κ1) is 13.5. The van der Waals surface area contributed by atoms with Gasteiger partial charge in [0.25, 0.3) is 0 Å². The average molecular weight is 285 g/mol. The second kappa shape index (κ2) is 6.31. The zero-order valence-corrected chi connectivity index (χ0v) is 12.3. The second-order valence-corrected chi connectivity index (χ2v) is 6.58. The Morgan fingerprint density at radius 1 is 1.10 bits per heavy atom. The van der Waals surface area contributed by atoms with Crippen LogP contribution in [0.5, 0.6) is 0 Å². The third kappa shape index (κ3) is 3.15. The maximum absolute atomic E-state index is 12.1. The number of fused-ring (bicyclic) bond motifs is 1. The van der Waals surface area contributed by atoms with Crippen molar-refractivity contribution in [3.05, 3.63) is 42.5 Å². The Morgan fingerprint density at radius 2 is 1.85 bits per heavy atom. The van der Waals surface area contributed by atoms with Gasteiger partial charge in [-0.25, -0.2) is 0 Å². The highest BCUT2D eigenvalue weighted by Crippen LogP contribution is 2.29. The molecule has 3 rings (SSSR count). The molecule has 0 bridgehead atoms. The summed E-state index contributed by atoms with van der Waals surface area (Å²) in [4.78, 5) is 12.1. The highest BCUT2D eigenvalue weighted by Gasteiger charge is 2.16. The van der Waals surface area contributed by atoms with Crippen LogP contribution in [-0.4, -0.2) is 16.9 Å². The summed E-state index contributed by atoms with van der Waals surface area (Å²) >= 11 is 1.80. The molecule has 0 atom stereocenters. The van der Waals surface area contributed by atoms with Gasteiger partial charge in [-0.1, -0.05) is 49.2 Å². The first-order valence-electron chi connectivity index (χ1n) is 7.22. The third-order valence-corrected chi connectivity index (χ3v) is 5.19. The minimum atomic E-state index is 0.109. The summed E-state index contributed by atoms with van der Waals surface area (Å²) in [6.45, 7) is 0. The maximum Gasteiger partial charge on any atom is 0.234 e. The molecule has 1 aliphatic carbocycles. The van der Waals surface area contributed by atoms with Gasteiger partial charge >= 0.3 is 0 Å². The first-order valence-corrected chi connectivity index (χ1v) is 8.27. The van der Waals surface area contributed by atoms with E-state index in [0.29, 0.717) is 11.0 Å². The summed E-state index contributed by atoms with van der Waals surface area (Å²) in [5.41, 5.74) is 0.917. The van der Waals surface area contributed by atoms with Crippen molar-refractivity contribution in [1.29, 1.82) is 0 Å². The van der Waals surface area contributed by atoms with Crippen molar-refractivity contribution < 1.29 is 4.79 Å². The molecule has 2 aromatic carbocycles. The van der Waals surface area contributed by atoms with E-state index in [2.05, 4.69) is 23.5 Å². The summed E-state index contributed by atoms with van der Waals surface area (Å²) in [6, 6.07) is 14.2. The fraction of sp³-hybridized carbons (Fsp3) is 0.353. The molecule has 20 heavy (non-hydrogen) atoms. The molecular weight excluding hydrogens is 266 g/mol. The van der Waals surface area contributed by atoms with Gasteiger partial charge in [0.1, 0.15) is 0 Å². The smallest absolute Gasteiger partial charge is 0.234 e. The number of nitrogens with one attached hydrogen (secondary N) is 1. The van der Waals surface area contributed by atoms with Gasteiger partial charge in [0.05, 0.1) is 5.75 Å². The van der Waals surface area contributed by atoms with E-state index in [9.17, 15) is 4.79 Å². The number of amides is 1. The van der Waals surface area contributed by atoms with Crippen molar-refractivity contribution in [2.45, 2.75) is 30.9 Å². The van der Waals surface area contributed by atoms with Crippen LogP contribution in [0.3, 0.4) is 0 Å². The molecule has 0 aliphatic heterocycles. The first-order chi connectivity index (χ1) is 9.83. The van der Waals surface area contributed by atoms with Crippen molar-refractivity contribution in [2.24, 2.45) is 0 Å². The van der Waals surface area contributed by atoms with Gasteiger partial charge < -0.3 is 5.32 Å². The lowest BCUT2D eigenvalue weighted by molar-refractivity contribution is -0.113. The summed E-state index contributed by atoms with van der Waals surface area (Å²) < 4.78 is 0. The normalized spacial score (nSPS) is 15.6. The van der Waals surface area contributed by atoms with E-state index in [4.69, 9.17) is 0 Å². The van der Waals surface area contributed by atoms with Crippen LogP contribution in [0, 0.1) is 0 Å². The van der Waals surface area contributed by atoms with Crippen LogP contribution in [0.2, 0.25) is 0 Å². The van der Waals surface area contributed by atoms with E-state index in [0.717, 1.165) is 16.5 Å². The predicted octanol–water partition coefficient (Wildman–Crippen LogP) is 4.45. The molecule has 1 amide bonds. The second-order valence-electron chi connectivity index (χ2n) is 5.29. The molecule has 0 aromatic heterocycles. The molecule has 1 N–H and O–H groups in total. The average Bonchev–Trinajstić information content (AvgIpc) is 2.99. The molecule has 0 unspecified atom stereocenters. The van der Waals surface area contributed by atoms with Gasteiger partial charge in [0, 0.05) is 16.3 Å². The Kier molecular flexibility index (Phi) is 4.26. The molecule has 0 spiro atoms. The van der Waals surface area contributed by atoms with Crippen LogP contribution in [0.25, 0.3) is 10.8 Å². The van der Waals surface area contributed by atoms with Crippen molar-refractivity contribution in [2.75, 3.05) is 11.1 Å². The zero-order chi connectivity index (χ0) is 13.8. The number of hydrogen-bond donors (Lipinski definition) is 1. The molecule has 3 heteroatoms. The molecule has 2 aromatic rings. The van der Waals surface area contributed by atoms with E-state index in [1.54, 1.807) is 11.8 Å². The Balaban J connectivity index is 1.65. The fourth-order valence-corrected chi connectivity index (χ4v) is 3.90. The summed E-state index contributed by atoms with van der Waals surface area (Å²) in [5, 5.41) is 6.00. The Hall–Kier alpha value is -1.48. The van der Waals surface area contributed by atoms with Gasteiger partial charge in [-0.3, -0.25) is 4.79 Å². The highest BCUT2D eigenvalue weighted by molar-refractivity contribution is 8.00. The minimum absolute atomic E-state index is 0.109. The zero-order valence-electron chi connectivity index (χ0n) is 11.5. The van der Waals surface area contributed by atoms with Crippen LogP contribution in [0.4, 0.5) is 5.69 Å². The molecular formula is C17H19NOS. The van der Waals surface area contributed by atoms with Gasteiger partial charge in [0.2, 0.25) is 5.91 Å². The Morgan fingerprint density at radius 3 is 2.70 bits per heavy atom. The van der Waals surface area contributed by atoms with Gasteiger partial charge in [-0.05, 0) is 24.3 Å². The maximum atomic E-state index is 12.1. The summed E-state index contributed by atoms with van der Waals surface area (Å²) in [6.07, 6.45) is 5.18. The van der Waals surface area contributed by atoms with E-state index in [1.807, 2.05) is 24.3 Å². The SMILES string of the molecule is O=C(CSC1CCCC1)Nc1cccc2ccccc12. The van der Waals surface area contributed by atoms with Gasteiger partial charge in [-0.2, -0.15) is 0 Å². The summed E-state index contributed by atoms with van der Waals surface area (Å²) in [7, 11) is 0. The van der Waals surface area contributed by atoms with Crippen molar-refractivity contribution >= 4 is 34.1 Å². The number of rotatable bonds is 4. The molecule has 1 fully saturated rings. The van der Waals surface area contributed by atoms with Crippen molar-refractivity contribution in [1.82, 2.24) is 0 Å². The van der Waals surface area contributed by atoms with Gasteiger partial charge in [-0.15, -0.1) is 11.8 Å². The number of anilines is 1. The van der Waals surface area contributed by atoms with Crippen molar-refractivity contribution in [3.8, 4) is 0 Å². The predicted molar refractivity (Wildman–Crippen MR) is 87.3 cm³/mol. The lowest BCUT2D eigenvalue weighted by Crippen LogP contribution is -2.16. The van der Waals surface area contributed by atoms with Crippen molar-refractivity contribution in [3.63, 3.8) is 0 Å². The van der Waals surface area contributed by atoms with Crippen LogP contribution in [0.1, 0.15) is 25.7 Å². The topological polar surface area (TPSA) is 29.1 Å². The van der Waals surface area contributed by atoms with E-state index in [1.165, 1.54) is 25.7 Å². The molecule has 1 aliphatic rings. The molecule has 104 valence electrons. The fourth-order valence-electron chi connectivity index (χ4n) is 2.77. The summed E-state index contributed by atoms with van der Waals surface area (Å²) in [5.74, 6) is 0.673. The molecule has 1 saturated carbocycles. The largest absolute Gasteiger partial charge is 0.325 e. The Labute approximate surface area is 123 Å². The highest BCUT2D eigenvalue weighted by atomic mass is 32.2. The van der Waals surface area contributed by atoms with Crippen LogP contribution in [0.15, 0.2) is 42.5 Å². The lowest BCUT2D eigenvalue weighted by Gasteiger charge is -2.11. The lowest BCUT2D eigenvalue weighted by atomic mass is 10.1. The van der Waals surface area contributed by atoms with Crippen LogP contribution in [-0.2, 0) is 4.79 Å². The van der Waals surface area contributed by atoms with Crippen LogP contribution < -0.4 is 5.32 Å². The number of thioether (sulfide) groups is 1. The molecule has 0 radical (unpaired) electrons. The monoisotopic (exact) mass is 285 g/mol. The van der Waals surface area contributed by atoms with Gasteiger partial charge in [0.15, 0.2) is 0 Å². The minimum Gasteiger partial charge on any atom is -0.325 e. The van der Waals surface area contributed by atoms with E-state index >= 15 is 0 Å².